The molecule has 138 valence electrons. The van der Waals surface area contributed by atoms with Crippen molar-refractivity contribution in [1.82, 2.24) is 9.97 Å². The summed E-state index contributed by atoms with van der Waals surface area (Å²) in [5, 5.41) is 4.77. The molecule has 0 amide bonds. The number of nitrogens with one attached hydrogen (secondary N) is 1. The topological polar surface area (TPSA) is 37.8 Å². The zero-order chi connectivity index (χ0) is 17.2. The van der Waals surface area contributed by atoms with Crippen LogP contribution in [0.3, 0.4) is 0 Å². The van der Waals surface area contributed by atoms with Crippen LogP contribution in [-0.2, 0) is 19.3 Å². The van der Waals surface area contributed by atoms with E-state index in [2.05, 4.69) is 53.4 Å². The second kappa shape index (κ2) is 8.36. The van der Waals surface area contributed by atoms with Gasteiger partial charge in [0.2, 0.25) is 0 Å². The fourth-order valence-corrected chi connectivity index (χ4v) is 4.99. The summed E-state index contributed by atoms with van der Waals surface area (Å²) in [6.45, 7) is 4.58. The Hall–Kier alpha value is -1.65. The Morgan fingerprint density at radius 2 is 2.00 bits per heavy atom. The Morgan fingerprint density at radius 1 is 1.19 bits per heavy atom. The van der Waals surface area contributed by atoms with Crippen LogP contribution in [0.1, 0.15) is 49.1 Å². The number of fused-ring (bicyclic) bond motifs is 3. The van der Waals surface area contributed by atoms with Crippen molar-refractivity contribution in [3.63, 3.8) is 0 Å². The number of nitrogens with zero attached hydrogens (tertiary/aromatic N) is 2. The number of thiophene rings is 1. The average molecular weight is 388 g/mol. The minimum atomic E-state index is 0. The molecule has 2 heterocycles. The van der Waals surface area contributed by atoms with Crippen molar-refractivity contribution < 1.29 is 0 Å². The van der Waals surface area contributed by atoms with Gasteiger partial charge in [-0.15, -0.1) is 23.7 Å². The van der Waals surface area contributed by atoms with Gasteiger partial charge in [0.15, 0.2) is 0 Å². The van der Waals surface area contributed by atoms with Gasteiger partial charge in [0, 0.05) is 10.6 Å². The number of hydrogen-bond donors (Lipinski definition) is 1. The summed E-state index contributed by atoms with van der Waals surface area (Å²) in [5.41, 5.74) is 3.98. The lowest BCUT2D eigenvalue weighted by Crippen LogP contribution is -2.09. The number of unbranched alkanes of at least 4 members (excludes halogenated alkanes) is 1. The van der Waals surface area contributed by atoms with E-state index in [9.17, 15) is 0 Å². The van der Waals surface area contributed by atoms with Crippen molar-refractivity contribution in [2.24, 2.45) is 5.92 Å². The molecule has 1 N–H and O–H groups in total. The molecule has 2 aromatic heterocycles. The van der Waals surface area contributed by atoms with Crippen LogP contribution in [0.25, 0.3) is 10.2 Å². The van der Waals surface area contributed by atoms with E-state index < -0.39 is 0 Å². The summed E-state index contributed by atoms with van der Waals surface area (Å²) in [7, 11) is 0. The lowest BCUT2D eigenvalue weighted by Gasteiger charge is -2.18. The Balaban J connectivity index is 0.00000196. The number of hydrogen-bond acceptors (Lipinski definition) is 4. The third kappa shape index (κ3) is 3.86. The quantitative estimate of drug-likeness (QED) is 0.556. The van der Waals surface area contributed by atoms with Crippen LogP contribution < -0.4 is 5.32 Å². The normalized spacial score (nSPS) is 16.2. The van der Waals surface area contributed by atoms with Crippen LogP contribution >= 0.6 is 23.7 Å². The molecule has 0 saturated heterocycles. The Kier molecular flexibility index (Phi) is 6.15. The molecule has 3 nitrogen and oxygen atoms in total. The first-order valence-electron chi connectivity index (χ1n) is 9.35. The summed E-state index contributed by atoms with van der Waals surface area (Å²) in [5.74, 6) is 1.74. The van der Waals surface area contributed by atoms with Crippen LogP contribution in [0.4, 0.5) is 11.5 Å². The third-order valence-electron chi connectivity index (χ3n) is 5.13. The number of anilines is 2. The van der Waals surface area contributed by atoms with Crippen molar-refractivity contribution in [2.75, 3.05) is 5.32 Å². The van der Waals surface area contributed by atoms with E-state index in [-0.39, 0.29) is 12.4 Å². The maximum Gasteiger partial charge on any atom is 0.142 e. The smallest absolute Gasteiger partial charge is 0.142 e. The Labute approximate surface area is 165 Å². The van der Waals surface area contributed by atoms with Gasteiger partial charge in [0.1, 0.15) is 17.0 Å². The number of rotatable bonds is 5. The standard InChI is InChI=1S/C21H25N3S.ClH/c1-3-4-5-15-7-9-16(10-8-15)24-20-19-17-11-6-14(2)12-18(17)25-21(19)23-13-22-20;/h7-10,13-14H,3-6,11-12H2,1-2H3,(H,22,23,24);1H. The van der Waals surface area contributed by atoms with E-state index >= 15 is 0 Å². The largest absolute Gasteiger partial charge is 0.340 e. The van der Waals surface area contributed by atoms with E-state index in [1.54, 1.807) is 6.33 Å². The van der Waals surface area contributed by atoms with Crippen molar-refractivity contribution in [1.29, 1.82) is 0 Å². The second-order valence-corrected chi connectivity index (χ2v) is 8.26. The van der Waals surface area contributed by atoms with Gasteiger partial charge in [0.05, 0.1) is 5.39 Å². The van der Waals surface area contributed by atoms with Gasteiger partial charge in [-0.3, -0.25) is 0 Å². The Bertz CT molecular complexity index is 873. The Morgan fingerprint density at radius 3 is 2.77 bits per heavy atom. The van der Waals surface area contributed by atoms with Crippen molar-refractivity contribution in [3.8, 4) is 0 Å². The van der Waals surface area contributed by atoms with Crippen LogP contribution in [0.2, 0.25) is 0 Å². The lowest BCUT2D eigenvalue weighted by atomic mass is 9.89. The molecule has 1 aliphatic rings. The number of aromatic nitrogens is 2. The molecule has 1 atom stereocenters. The SMILES string of the molecule is CCCCc1ccc(Nc2ncnc3sc4c(c23)CCC(C)C4)cc1.Cl. The number of aryl methyl sites for hydroxylation is 2. The first-order chi connectivity index (χ1) is 12.2. The molecule has 4 rings (SSSR count). The van der Waals surface area contributed by atoms with Gasteiger partial charge in [-0.2, -0.15) is 0 Å². The van der Waals surface area contributed by atoms with Gasteiger partial charge in [-0.25, -0.2) is 9.97 Å². The van der Waals surface area contributed by atoms with Gasteiger partial charge in [-0.1, -0.05) is 32.4 Å². The summed E-state index contributed by atoms with van der Waals surface area (Å²) < 4.78 is 0. The van der Waals surface area contributed by atoms with Crippen LogP contribution in [0, 0.1) is 5.92 Å². The molecule has 0 aliphatic heterocycles. The summed E-state index contributed by atoms with van der Waals surface area (Å²) in [6, 6.07) is 8.78. The zero-order valence-corrected chi connectivity index (χ0v) is 17.1. The van der Waals surface area contributed by atoms with Gasteiger partial charge in [-0.05, 0) is 61.3 Å². The van der Waals surface area contributed by atoms with Crippen LogP contribution in [0.5, 0.6) is 0 Å². The summed E-state index contributed by atoms with van der Waals surface area (Å²) >= 11 is 1.85. The maximum absolute atomic E-state index is 4.56. The fraction of sp³-hybridized carbons (Fsp3) is 0.429. The zero-order valence-electron chi connectivity index (χ0n) is 15.4. The van der Waals surface area contributed by atoms with E-state index in [0.29, 0.717) is 0 Å². The predicted octanol–water partition coefficient (Wildman–Crippen LogP) is 6.32. The first-order valence-corrected chi connectivity index (χ1v) is 10.2. The van der Waals surface area contributed by atoms with Gasteiger partial charge >= 0.3 is 0 Å². The molecule has 0 bridgehead atoms. The first kappa shape index (κ1) is 19.1. The molecule has 0 fully saturated rings. The average Bonchev–Trinajstić information content (AvgIpc) is 2.99. The highest BCUT2D eigenvalue weighted by molar-refractivity contribution is 7.19. The van der Waals surface area contributed by atoms with Crippen molar-refractivity contribution >= 4 is 45.5 Å². The second-order valence-electron chi connectivity index (χ2n) is 7.18. The summed E-state index contributed by atoms with van der Waals surface area (Å²) in [4.78, 5) is 11.7. The highest BCUT2D eigenvalue weighted by Crippen LogP contribution is 2.40. The van der Waals surface area contributed by atoms with Crippen molar-refractivity contribution in [3.05, 3.63) is 46.6 Å². The third-order valence-corrected chi connectivity index (χ3v) is 6.29. The maximum atomic E-state index is 4.56. The molecule has 1 unspecified atom stereocenters. The van der Waals surface area contributed by atoms with Gasteiger partial charge < -0.3 is 5.32 Å². The molecule has 3 aromatic rings. The van der Waals surface area contributed by atoms with E-state index in [4.69, 9.17) is 0 Å². The minimum Gasteiger partial charge on any atom is -0.340 e. The molecule has 1 aliphatic carbocycles. The summed E-state index contributed by atoms with van der Waals surface area (Å²) in [6.07, 6.45) is 8.92. The lowest BCUT2D eigenvalue weighted by molar-refractivity contribution is 0.509. The molecule has 0 radical (unpaired) electrons. The minimum absolute atomic E-state index is 0. The molecule has 26 heavy (non-hydrogen) atoms. The van der Waals surface area contributed by atoms with E-state index in [0.717, 1.165) is 35.1 Å². The molecular formula is C21H26ClN3S. The highest BCUT2D eigenvalue weighted by atomic mass is 35.5. The number of benzene rings is 1. The van der Waals surface area contributed by atoms with E-state index in [1.807, 2.05) is 11.3 Å². The van der Waals surface area contributed by atoms with E-state index in [1.165, 1.54) is 47.1 Å². The molecule has 1 aromatic carbocycles. The monoisotopic (exact) mass is 387 g/mol. The molecule has 0 saturated carbocycles. The predicted molar refractivity (Wildman–Crippen MR) is 114 cm³/mol. The van der Waals surface area contributed by atoms with Crippen molar-refractivity contribution in [2.45, 2.75) is 52.4 Å². The van der Waals surface area contributed by atoms with Crippen LogP contribution in [-0.4, -0.2) is 9.97 Å². The number of halogens is 1. The van der Waals surface area contributed by atoms with Crippen LogP contribution in [0.15, 0.2) is 30.6 Å². The fourth-order valence-electron chi connectivity index (χ4n) is 3.64. The van der Waals surface area contributed by atoms with Gasteiger partial charge in [0.25, 0.3) is 0 Å². The highest BCUT2D eigenvalue weighted by Gasteiger charge is 2.23. The molecular weight excluding hydrogens is 362 g/mol. The molecule has 0 spiro atoms. The molecule has 5 heteroatoms.